The standard InChI is InChI=1S/C9H11N5O2/c1-2-10-7(15)3-6-4-8(16)14-9(13-6)11-5-12-14/h4-5,16H,2-3H2,1H3,(H,10,15). The summed E-state index contributed by atoms with van der Waals surface area (Å²) in [5.74, 6) is 0.0550. The van der Waals surface area contributed by atoms with Crippen LogP contribution in [0.1, 0.15) is 12.6 Å². The van der Waals surface area contributed by atoms with Crippen LogP contribution in [-0.4, -0.2) is 37.1 Å². The number of hydrogen-bond donors (Lipinski definition) is 2. The third-order valence-electron chi connectivity index (χ3n) is 2.00. The van der Waals surface area contributed by atoms with Gasteiger partial charge in [-0.2, -0.15) is 14.6 Å². The minimum absolute atomic E-state index is 0.0817. The average molecular weight is 221 g/mol. The number of aromatic nitrogens is 4. The highest BCUT2D eigenvalue weighted by molar-refractivity contribution is 5.78. The molecule has 0 unspecified atom stereocenters. The van der Waals surface area contributed by atoms with Crippen LogP contribution < -0.4 is 5.32 Å². The largest absolute Gasteiger partial charge is 0.493 e. The van der Waals surface area contributed by atoms with Crippen molar-refractivity contribution in [1.82, 2.24) is 24.9 Å². The molecule has 16 heavy (non-hydrogen) atoms. The van der Waals surface area contributed by atoms with Gasteiger partial charge in [0.25, 0.3) is 5.78 Å². The van der Waals surface area contributed by atoms with Crippen molar-refractivity contribution >= 4 is 11.7 Å². The first-order valence-corrected chi connectivity index (χ1v) is 4.86. The number of fused-ring (bicyclic) bond motifs is 1. The minimum atomic E-state index is -0.140. The van der Waals surface area contributed by atoms with E-state index in [0.29, 0.717) is 12.2 Å². The zero-order valence-corrected chi connectivity index (χ0v) is 8.71. The van der Waals surface area contributed by atoms with Crippen LogP contribution in [0.4, 0.5) is 0 Å². The first-order chi connectivity index (χ1) is 7.70. The van der Waals surface area contributed by atoms with E-state index in [9.17, 15) is 9.90 Å². The molecule has 0 aliphatic heterocycles. The highest BCUT2D eigenvalue weighted by Gasteiger charge is 2.09. The molecule has 0 aromatic carbocycles. The molecule has 0 bridgehead atoms. The van der Waals surface area contributed by atoms with Gasteiger partial charge in [-0.05, 0) is 6.92 Å². The van der Waals surface area contributed by atoms with Gasteiger partial charge < -0.3 is 10.4 Å². The lowest BCUT2D eigenvalue weighted by Gasteiger charge is -2.03. The van der Waals surface area contributed by atoms with Gasteiger partial charge in [0.15, 0.2) is 0 Å². The van der Waals surface area contributed by atoms with Gasteiger partial charge in [-0.1, -0.05) is 0 Å². The second-order valence-corrected chi connectivity index (χ2v) is 3.21. The van der Waals surface area contributed by atoms with Crippen molar-refractivity contribution in [2.24, 2.45) is 0 Å². The van der Waals surface area contributed by atoms with Crippen LogP contribution in [0.15, 0.2) is 12.4 Å². The molecule has 7 heteroatoms. The van der Waals surface area contributed by atoms with Crippen LogP contribution in [0.25, 0.3) is 5.78 Å². The summed E-state index contributed by atoms with van der Waals surface area (Å²) in [5, 5.41) is 16.0. The van der Waals surface area contributed by atoms with Gasteiger partial charge in [0.05, 0.1) is 12.1 Å². The van der Waals surface area contributed by atoms with E-state index in [4.69, 9.17) is 0 Å². The monoisotopic (exact) mass is 221 g/mol. The van der Waals surface area contributed by atoms with Crippen LogP contribution in [-0.2, 0) is 11.2 Å². The number of nitrogens with one attached hydrogen (secondary N) is 1. The Kier molecular flexibility index (Phi) is 2.67. The molecule has 2 N–H and O–H groups in total. The molecule has 84 valence electrons. The predicted molar refractivity (Wildman–Crippen MR) is 54.8 cm³/mol. The molecule has 2 aromatic rings. The Hall–Kier alpha value is -2.18. The van der Waals surface area contributed by atoms with Crippen LogP contribution in [0.2, 0.25) is 0 Å². The van der Waals surface area contributed by atoms with Gasteiger partial charge in [0.1, 0.15) is 6.33 Å². The Morgan fingerprint density at radius 3 is 3.19 bits per heavy atom. The van der Waals surface area contributed by atoms with Gasteiger partial charge in [-0.25, -0.2) is 4.98 Å². The summed E-state index contributed by atoms with van der Waals surface area (Å²) < 4.78 is 1.20. The Morgan fingerprint density at radius 2 is 2.44 bits per heavy atom. The number of carbonyl (C=O) groups is 1. The second-order valence-electron chi connectivity index (χ2n) is 3.21. The van der Waals surface area contributed by atoms with E-state index in [0.717, 1.165) is 0 Å². The Balaban J connectivity index is 2.28. The summed E-state index contributed by atoms with van der Waals surface area (Å²) in [5.41, 5.74) is 0.462. The Morgan fingerprint density at radius 1 is 1.62 bits per heavy atom. The number of carbonyl (C=O) groups excluding carboxylic acids is 1. The molecule has 0 spiro atoms. The van der Waals surface area contributed by atoms with Gasteiger partial charge >= 0.3 is 0 Å². The molecule has 0 aliphatic carbocycles. The van der Waals surface area contributed by atoms with Crippen LogP contribution in [0.3, 0.4) is 0 Å². The van der Waals surface area contributed by atoms with E-state index in [1.54, 1.807) is 0 Å². The van der Waals surface area contributed by atoms with Crippen molar-refractivity contribution in [2.75, 3.05) is 6.54 Å². The topological polar surface area (TPSA) is 92.4 Å². The van der Waals surface area contributed by atoms with E-state index in [2.05, 4.69) is 20.4 Å². The van der Waals surface area contributed by atoms with Crippen molar-refractivity contribution in [1.29, 1.82) is 0 Å². The lowest BCUT2D eigenvalue weighted by Crippen LogP contribution is -2.24. The maximum absolute atomic E-state index is 11.3. The van der Waals surface area contributed by atoms with Crippen LogP contribution in [0.5, 0.6) is 5.88 Å². The summed E-state index contributed by atoms with van der Waals surface area (Å²) in [6.45, 7) is 2.41. The minimum Gasteiger partial charge on any atom is -0.493 e. The highest BCUT2D eigenvalue weighted by Crippen LogP contribution is 2.11. The molecule has 7 nitrogen and oxygen atoms in total. The van der Waals surface area contributed by atoms with E-state index >= 15 is 0 Å². The third kappa shape index (κ3) is 1.92. The fourth-order valence-corrected chi connectivity index (χ4v) is 1.36. The highest BCUT2D eigenvalue weighted by atomic mass is 16.3. The molecule has 0 atom stereocenters. The average Bonchev–Trinajstić information content (AvgIpc) is 2.66. The molecule has 1 amide bonds. The second kappa shape index (κ2) is 4.13. The molecule has 0 fully saturated rings. The van der Waals surface area contributed by atoms with Gasteiger partial charge in [0.2, 0.25) is 11.8 Å². The molecule has 0 saturated carbocycles. The molecular formula is C9H11N5O2. The van der Waals surface area contributed by atoms with Crippen LogP contribution in [0, 0.1) is 0 Å². The van der Waals surface area contributed by atoms with Gasteiger partial charge in [-0.15, -0.1) is 0 Å². The summed E-state index contributed by atoms with van der Waals surface area (Å²) >= 11 is 0. The number of rotatable bonds is 3. The number of likely N-dealkylation sites (N-methyl/N-ethyl adjacent to an activating group) is 1. The normalized spacial score (nSPS) is 10.6. The Labute approximate surface area is 91.1 Å². The molecule has 2 heterocycles. The van der Waals surface area contributed by atoms with E-state index in [1.807, 2.05) is 6.92 Å². The van der Waals surface area contributed by atoms with Crippen molar-refractivity contribution < 1.29 is 9.90 Å². The number of hydrogen-bond acceptors (Lipinski definition) is 5. The van der Waals surface area contributed by atoms with Crippen molar-refractivity contribution in [3.8, 4) is 5.88 Å². The summed E-state index contributed by atoms with van der Waals surface area (Å²) in [7, 11) is 0. The molecule has 2 rings (SSSR count). The first kappa shape index (κ1) is 10.3. The van der Waals surface area contributed by atoms with E-state index in [1.165, 1.54) is 16.9 Å². The summed E-state index contributed by atoms with van der Waals surface area (Å²) in [4.78, 5) is 19.3. The lowest BCUT2D eigenvalue weighted by atomic mass is 10.3. The lowest BCUT2D eigenvalue weighted by molar-refractivity contribution is -0.120. The number of aromatic hydroxyl groups is 1. The first-order valence-electron chi connectivity index (χ1n) is 4.86. The maximum atomic E-state index is 11.3. The molecule has 0 radical (unpaired) electrons. The SMILES string of the molecule is CCNC(=O)Cc1cc(O)n2ncnc2n1. The fraction of sp³-hybridized carbons (Fsp3) is 0.333. The Bertz CT molecular complexity index is 522. The fourth-order valence-electron chi connectivity index (χ4n) is 1.36. The summed E-state index contributed by atoms with van der Waals surface area (Å²) in [6.07, 6.45) is 1.41. The van der Waals surface area contributed by atoms with Crippen molar-refractivity contribution in [2.45, 2.75) is 13.3 Å². The van der Waals surface area contributed by atoms with Gasteiger partial charge in [0, 0.05) is 12.6 Å². The zero-order valence-electron chi connectivity index (χ0n) is 8.71. The zero-order chi connectivity index (χ0) is 11.5. The molecule has 0 saturated heterocycles. The third-order valence-corrected chi connectivity index (χ3v) is 2.00. The molecule has 0 aliphatic rings. The van der Waals surface area contributed by atoms with E-state index < -0.39 is 0 Å². The number of nitrogens with zero attached hydrogens (tertiary/aromatic N) is 4. The van der Waals surface area contributed by atoms with Crippen LogP contribution >= 0.6 is 0 Å². The van der Waals surface area contributed by atoms with E-state index in [-0.39, 0.29) is 24.0 Å². The van der Waals surface area contributed by atoms with Crippen molar-refractivity contribution in [3.05, 3.63) is 18.1 Å². The molecule has 2 aromatic heterocycles. The smallest absolute Gasteiger partial charge is 0.255 e. The quantitative estimate of drug-likeness (QED) is 0.729. The van der Waals surface area contributed by atoms with Crippen molar-refractivity contribution in [3.63, 3.8) is 0 Å². The molecular weight excluding hydrogens is 210 g/mol. The predicted octanol–water partition coefficient (Wildman–Crippen LogP) is -0.492. The summed E-state index contributed by atoms with van der Waals surface area (Å²) in [6, 6.07) is 1.40. The maximum Gasteiger partial charge on any atom is 0.255 e. The number of amides is 1. The van der Waals surface area contributed by atoms with Gasteiger partial charge in [-0.3, -0.25) is 4.79 Å².